The van der Waals surface area contributed by atoms with Crippen molar-refractivity contribution in [3.8, 4) is 0 Å². The fourth-order valence-corrected chi connectivity index (χ4v) is 4.06. The molecule has 1 atom stereocenters. The summed E-state index contributed by atoms with van der Waals surface area (Å²) in [5.41, 5.74) is 0.507. The van der Waals surface area contributed by atoms with Crippen molar-refractivity contribution in [2.45, 2.75) is 37.5 Å². The van der Waals surface area contributed by atoms with Crippen LogP contribution in [0.15, 0.2) is 30.3 Å². The van der Waals surface area contributed by atoms with Crippen LogP contribution in [0.1, 0.15) is 36.5 Å². The van der Waals surface area contributed by atoms with E-state index in [4.69, 9.17) is 5.11 Å². The highest BCUT2D eigenvalue weighted by Gasteiger charge is 2.41. The first-order valence-electron chi connectivity index (χ1n) is 7.93. The molecule has 1 aliphatic heterocycles. The Kier molecular flexibility index (Phi) is 5.95. The maximum atomic E-state index is 12.3. The number of unbranched alkanes of at least 4 members (excludes halogenated alkanes) is 1. The van der Waals surface area contributed by atoms with Gasteiger partial charge in [-0.05, 0) is 18.6 Å². The van der Waals surface area contributed by atoms with Crippen LogP contribution in [0, 0.1) is 0 Å². The summed E-state index contributed by atoms with van der Waals surface area (Å²) >= 11 is 0. The van der Waals surface area contributed by atoms with E-state index in [2.05, 4.69) is 4.72 Å². The Hall–Kier alpha value is -1.93. The van der Waals surface area contributed by atoms with Crippen LogP contribution in [0.5, 0.6) is 0 Å². The van der Waals surface area contributed by atoms with Gasteiger partial charge in [0.2, 0.25) is 10.0 Å². The van der Waals surface area contributed by atoms with Crippen LogP contribution in [0.2, 0.25) is 0 Å². The molecule has 2 N–H and O–H groups in total. The molecule has 0 unspecified atom stereocenters. The number of nitrogens with one attached hydrogen (secondary N) is 1. The van der Waals surface area contributed by atoms with Crippen molar-refractivity contribution in [1.82, 2.24) is 9.62 Å². The molecule has 0 aliphatic carbocycles. The Morgan fingerprint density at radius 3 is 2.46 bits per heavy atom. The number of likely N-dealkylation sites (tertiary alicyclic amines) is 1. The number of rotatable bonds is 8. The number of hydrogen-bond acceptors (Lipinski definition) is 4. The van der Waals surface area contributed by atoms with Crippen molar-refractivity contribution in [3.05, 3.63) is 35.9 Å². The first-order chi connectivity index (χ1) is 11.3. The summed E-state index contributed by atoms with van der Waals surface area (Å²) in [6, 6.07) is 7.52. The zero-order valence-electron chi connectivity index (χ0n) is 13.5. The van der Waals surface area contributed by atoms with Gasteiger partial charge in [0.05, 0.1) is 0 Å². The molecule has 1 aliphatic rings. The molecule has 1 fully saturated rings. The summed E-state index contributed by atoms with van der Waals surface area (Å²) in [5.74, 6) is -1.40. The maximum absolute atomic E-state index is 12.3. The number of nitrogens with zero attached hydrogens (tertiary/aromatic N) is 1. The van der Waals surface area contributed by atoms with Crippen LogP contribution in [0.4, 0.5) is 0 Å². The third kappa shape index (κ3) is 4.33. The summed E-state index contributed by atoms with van der Waals surface area (Å²) in [4.78, 5) is 24.8. The molecular formula is C16H22N2O5S. The summed E-state index contributed by atoms with van der Waals surface area (Å²) < 4.78 is 26.8. The highest BCUT2D eigenvalue weighted by Crippen LogP contribution is 2.19. The minimum absolute atomic E-state index is 0.0726. The molecule has 0 radical (unpaired) electrons. The Morgan fingerprint density at radius 1 is 1.29 bits per heavy atom. The topological polar surface area (TPSA) is 104 Å². The lowest BCUT2D eigenvalue weighted by Gasteiger charge is -2.39. The first kappa shape index (κ1) is 18.4. The third-order valence-electron chi connectivity index (χ3n) is 4.05. The molecule has 2 rings (SSSR count). The number of carboxylic acid groups (broad SMARTS) is 1. The van der Waals surface area contributed by atoms with Crippen LogP contribution >= 0.6 is 0 Å². The van der Waals surface area contributed by atoms with Crippen LogP contribution in [-0.2, 0) is 14.8 Å². The van der Waals surface area contributed by atoms with Crippen molar-refractivity contribution >= 4 is 21.9 Å². The highest BCUT2D eigenvalue weighted by molar-refractivity contribution is 7.90. The van der Waals surface area contributed by atoms with Crippen LogP contribution in [0.3, 0.4) is 0 Å². The van der Waals surface area contributed by atoms with Crippen LogP contribution in [0.25, 0.3) is 0 Å². The van der Waals surface area contributed by atoms with E-state index in [0.717, 1.165) is 6.42 Å². The lowest BCUT2D eigenvalue weighted by atomic mass is 10.1. The zero-order chi connectivity index (χ0) is 17.7. The zero-order valence-corrected chi connectivity index (χ0v) is 14.3. The van der Waals surface area contributed by atoms with Gasteiger partial charge in [0.25, 0.3) is 5.91 Å². The molecule has 24 heavy (non-hydrogen) atoms. The Bertz CT molecular complexity index is 684. The number of aliphatic carboxylic acids is 1. The molecule has 0 saturated carbocycles. The quantitative estimate of drug-likeness (QED) is 0.727. The van der Waals surface area contributed by atoms with E-state index in [1.165, 1.54) is 4.90 Å². The van der Waals surface area contributed by atoms with Crippen LogP contribution < -0.4 is 4.72 Å². The molecule has 1 saturated heterocycles. The molecule has 1 aromatic rings. The molecule has 1 amide bonds. The number of hydrogen-bond donors (Lipinski definition) is 2. The summed E-state index contributed by atoms with van der Waals surface area (Å²) in [6.45, 7) is 2.05. The highest BCUT2D eigenvalue weighted by atomic mass is 32.2. The van der Waals surface area contributed by atoms with E-state index >= 15 is 0 Å². The van der Waals surface area contributed by atoms with Gasteiger partial charge in [0.15, 0.2) is 0 Å². The Balaban J connectivity index is 1.93. The number of carboxylic acids is 1. The molecule has 0 spiro atoms. The predicted molar refractivity (Wildman–Crippen MR) is 89.1 cm³/mol. The molecule has 8 heteroatoms. The smallest absolute Gasteiger partial charge is 0.321 e. The van der Waals surface area contributed by atoms with E-state index in [9.17, 15) is 18.0 Å². The lowest BCUT2D eigenvalue weighted by molar-refractivity contribution is -0.139. The predicted octanol–water partition coefficient (Wildman–Crippen LogP) is 1.07. The molecule has 0 aromatic heterocycles. The van der Waals surface area contributed by atoms with Gasteiger partial charge in [-0.15, -0.1) is 0 Å². The largest absolute Gasteiger partial charge is 0.480 e. The summed E-state index contributed by atoms with van der Waals surface area (Å²) in [7, 11) is -3.77. The second-order valence-corrected chi connectivity index (χ2v) is 7.89. The van der Waals surface area contributed by atoms with Gasteiger partial charge in [0.1, 0.15) is 11.3 Å². The van der Waals surface area contributed by atoms with Gasteiger partial charge in [-0.1, -0.05) is 38.0 Å². The van der Waals surface area contributed by atoms with Gasteiger partial charge in [-0.3, -0.25) is 9.59 Å². The van der Waals surface area contributed by atoms with Crippen molar-refractivity contribution in [2.75, 3.05) is 13.1 Å². The van der Waals surface area contributed by atoms with Gasteiger partial charge >= 0.3 is 5.97 Å². The van der Waals surface area contributed by atoms with E-state index in [1.54, 1.807) is 30.3 Å². The number of sulfonamides is 1. The fraction of sp³-hybridized carbons (Fsp3) is 0.500. The number of amides is 1. The van der Waals surface area contributed by atoms with Crippen molar-refractivity contribution < 1.29 is 23.1 Å². The van der Waals surface area contributed by atoms with E-state index in [-0.39, 0.29) is 25.4 Å². The van der Waals surface area contributed by atoms with Gasteiger partial charge in [-0.25, -0.2) is 13.1 Å². The Morgan fingerprint density at radius 2 is 1.92 bits per heavy atom. The molecule has 132 valence electrons. The fourth-order valence-electron chi connectivity index (χ4n) is 2.50. The van der Waals surface area contributed by atoms with Crippen LogP contribution in [-0.4, -0.2) is 54.7 Å². The number of carbonyl (C=O) groups excluding carboxylic acids is 1. The second-order valence-electron chi connectivity index (χ2n) is 5.89. The van der Waals surface area contributed by atoms with Crippen molar-refractivity contribution in [2.24, 2.45) is 0 Å². The van der Waals surface area contributed by atoms with E-state index < -0.39 is 27.3 Å². The van der Waals surface area contributed by atoms with Crippen molar-refractivity contribution in [1.29, 1.82) is 0 Å². The summed E-state index contributed by atoms with van der Waals surface area (Å²) in [5, 5.41) is 8.36. The normalized spacial score (nSPS) is 16.5. The third-order valence-corrected chi connectivity index (χ3v) is 5.83. The number of benzene rings is 1. The minimum Gasteiger partial charge on any atom is -0.480 e. The average Bonchev–Trinajstić information content (AvgIpc) is 2.50. The standard InChI is InChI=1S/C16H22N2O5S/c1-2-3-9-14(16(20)21)17-24(22,23)13-10-18(11-13)15(19)12-7-5-4-6-8-12/h4-8,13-14,17H,2-3,9-11H2,1H3,(H,20,21)/t14-/m0/s1. The van der Waals surface area contributed by atoms with E-state index in [1.807, 2.05) is 6.92 Å². The summed E-state index contributed by atoms with van der Waals surface area (Å²) in [6.07, 6.45) is 1.67. The van der Waals surface area contributed by atoms with Gasteiger partial charge in [-0.2, -0.15) is 0 Å². The molecule has 1 aromatic carbocycles. The molecule has 7 nitrogen and oxygen atoms in total. The maximum Gasteiger partial charge on any atom is 0.321 e. The van der Waals surface area contributed by atoms with Gasteiger partial charge in [0, 0.05) is 18.7 Å². The minimum atomic E-state index is -3.77. The number of carbonyl (C=O) groups is 2. The molecular weight excluding hydrogens is 332 g/mol. The monoisotopic (exact) mass is 354 g/mol. The Labute approximate surface area is 141 Å². The van der Waals surface area contributed by atoms with Gasteiger partial charge < -0.3 is 10.0 Å². The molecule has 0 bridgehead atoms. The second kappa shape index (κ2) is 7.76. The van der Waals surface area contributed by atoms with Crippen molar-refractivity contribution in [3.63, 3.8) is 0 Å². The van der Waals surface area contributed by atoms with E-state index in [0.29, 0.717) is 12.0 Å². The SMILES string of the molecule is CCCC[C@H](NS(=O)(=O)C1CN(C(=O)c2ccccc2)C1)C(=O)O. The first-order valence-corrected chi connectivity index (χ1v) is 9.48. The molecule has 1 heterocycles. The lowest BCUT2D eigenvalue weighted by Crippen LogP contribution is -2.60. The average molecular weight is 354 g/mol.